The Morgan fingerprint density at radius 2 is 1.37 bits per heavy atom. The number of allylic oxidation sites excluding steroid dienone is 2. The minimum absolute atomic E-state index is 0.0320. The second-order valence-electron chi connectivity index (χ2n) is 17.3. The van der Waals surface area contributed by atoms with Crippen molar-refractivity contribution in [1.29, 1.82) is 0 Å². The summed E-state index contributed by atoms with van der Waals surface area (Å²) in [6, 6.07) is 20.7. The van der Waals surface area contributed by atoms with Crippen LogP contribution in [0.4, 0.5) is 0 Å². The average molecular weight is 739 g/mol. The SMILES string of the molecule is CC(/C=C/CO[C@@]1(C(CC(COCc2ccccc2)COCc2ccccc2)O[Si](C)(C)C(C)(C)C)CCCO1)=C\CCO[Si](C)(C)C(C)(C)C. The van der Waals surface area contributed by atoms with E-state index in [1.807, 2.05) is 12.1 Å². The molecule has 51 heavy (non-hydrogen) atoms. The Labute approximate surface area is 313 Å². The molecule has 0 bridgehead atoms. The molecule has 0 aliphatic carbocycles. The lowest BCUT2D eigenvalue weighted by Crippen LogP contribution is -2.54. The molecule has 0 amide bonds. The van der Waals surface area contributed by atoms with Gasteiger partial charge >= 0.3 is 0 Å². The van der Waals surface area contributed by atoms with Crippen LogP contribution in [0.2, 0.25) is 36.3 Å². The highest BCUT2D eigenvalue weighted by Crippen LogP contribution is 2.43. The average Bonchev–Trinajstić information content (AvgIpc) is 3.55. The van der Waals surface area contributed by atoms with E-state index in [1.54, 1.807) is 0 Å². The van der Waals surface area contributed by atoms with Gasteiger partial charge in [0.15, 0.2) is 22.4 Å². The number of hydrogen-bond acceptors (Lipinski definition) is 6. The van der Waals surface area contributed by atoms with Crippen molar-refractivity contribution in [3.63, 3.8) is 0 Å². The standard InChI is InChI=1S/C43H70O6Si2/c1-36(22-19-30-48-50(8,9)41(2,3)4)21-18-28-46-43(27-20-29-47-43)40(49-51(10,11)42(5,6)7)31-39(34-44-32-37-23-14-12-15-24-37)35-45-33-38-25-16-13-17-26-38/h12-18,21-26,39-40H,19-20,27-35H2,1-11H3/b21-18+,36-22+/t40?,43-/m0/s1. The summed E-state index contributed by atoms with van der Waals surface area (Å²) in [7, 11) is -3.94. The molecule has 286 valence electrons. The number of hydrogen-bond donors (Lipinski definition) is 0. The van der Waals surface area contributed by atoms with Gasteiger partial charge in [0.25, 0.3) is 0 Å². The maximum absolute atomic E-state index is 7.28. The third-order valence-electron chi connectivity index (χ3n) is 10.9. The first kappa shape index (κ1) is 43.5. The van der Waals surface area contributed by atoms with Crippen LogP contribution in [0.5, 0.6) is 0 Å². The number of ether oxygens (including phenoxy) is 4. The van der Waals surface area contributed by atoms with Crippen molar-refractivity contribution < 1.29 is 27.8 Å². The summed E-state index contributed by atoms with van der Waals surface area (Å²) in [5.74, 6) is -0.739. The zero-order valence-corrected chi connectivity index (χ0v) is 35.9. The van der Waals surface area contributed by atoms with Gasteiger partial charge in [-0.3, -0.25) is 0 Å². The monoisotopic (exact) mass is 738 g/mol. The van der Waals surface area contributed by atoms with Crippen LogP contribution in [0.25, 0.3) is 0 Å². The van der Waals surface area contributed by atoms with Crippen LogP contribution in [-0.2, 0) is 41.0 Å². The minimum atomic E-state index is -2.20. The molecular formula is C43H70O6Si2. The van der Waals surface area contributed by atoms with Crippen LogP contribution in [0.15, 0.2) is 84.5 Å². The van der Waals surface area contributed by atoms with Gasteiger partial charge in [-0.1, -0.05) is 126 Å². The Balaban J connectivity index is 1.75. The van der Waals surface area contributed by atoms with Crippen molar-refractivity contribution in [2.75, 3.05) is 33.0 Å². The van der Waals surface area contributed by atoms with Gasteiger partial charge in [0.05, 0.1) is 45.7 Å². The molecule has 1 fully saturated rings. The van der Waals surface area contributed by atoms with E-state index in [2.05, 4.69) is 141 Å². The number of benzene rings is 2. The third kappa shape index (κ3) is 14.5. The molecular weight excluding hydrogens is 669 g/mol. The van der Waals surface area contributed by atoms with Crippen LogP contribution in [0, 0.1) is 5.92 Å². The molecule has 2 aromatic rings. The zero-order valence-electron chi connectivity index (χ0n) is 33.9. The first-order chi connectivity index (χ1) is 23.9. The molecule has 0 N–H and O–H groups in total. The molecule has 3 rings (SSSR count). The highest BCUT2D eigenvalue weighted by atomic mass is 28.4. The van der Waals surface area contributed by atoms with E-state index in [0.29, 0.717) is 46.1 Å². The van der Waals surface area contributed by atoms with Crippen LogP contribution in [0.3, 0.4) is 0 Å². The molecule has 2 atom stereocenters. The third-order valence-corrected chi connectivity index (χ3v) is 19.9. The molecule has 0 saturated carbocycles. The van der Waals surface area contributed by atoms with E-state index < -0.39 is 22.4 Å². The molecule has 1 aliphatic heterocycles. The topological polar surface area (TPSA) is 55.4 Å². The van der Waals surface area contributed by atoms with E-state index in [9.17, 15) is 0 Å². The van der Waals surface area contributed by atoms with Gasteiger partial charge in [0.2, 0.25) is 0 Å². The van der Waals surface area contributed by atoms with Crippen molar-refractivity contribution in [3.05, 3.63) is 95.6 Å². The smallest absolute Gasteiger partial charge is 0.193 e. The molecule has 6 nitrogen and oxygen atoms in total. The fourth-order valence-corrected chi connectivity index (χ4v) is 7.98. The second kappa shape index (κ2) is 20.0. The van der Waals surface area contributed by atoms with Gasteiger partial charge < -0.3 is 27.8 Å². The number of rotatable bonds is 21. The Bertz CT molecular complexity index is 1280. The van der Waals surface area contributed by atoms with E-state index >= 15 is 0 Å². The van der Waals surface area contributed by atoms with Crippen LogP contribution in [-0.4, -0.2) is 61.6 Å². The molecule has 0 aromatic heterocycles. The molecule has 0 radical (unpaired) electrons. The van der Waals surface area contributed by atoms with Crippen molar-refractivity contribution >= 4 is 16.6 Å². The molecule has 1 heterocycles. The minimum Gasteiger partial charge on any atom is -0.417 e. The van der Waals surface area contributed by atoms with Crippen molar-refractivity contribution in [3.8, 4) is 0 Å². The van der Waals surface area contributed by atoms with Gasteiger partial charge in [-0.05, 0) is 73.6 Å². The molecule has 1 unspecified atom stereocenters. The maximum Gasteiger partial charge on any atom is 0.193 e. The zero-order chi connectivity index (χ0) is 37.6. The summed E-state index contributed by atoms with van der Waals surface area (Å²) in [5, 5.41) is 0.252. The fraction of sp³-hybridized carbons (Fsp3) is 0.628. The van der Waals surface area contributed by atoms with Crippen molar-refractivity contribution in [2.24, 2.45) is 5.92 Å². The lowest BCUT2D eigenvalue weighted by Gasteiger charge is -2.45. The van der Waals surface area contributed by atoms with Gasteiger partial charge in [-0.2, -0.15) is 0 Å². The van der Waals surface area contributed by atoms with Crippen molar-refractivity contribution in [2.45, 2.75) is 136 Å². The lowest BCUT2D eigenvalue weighted by atomic mass is 9.95. The molecule has 0 spiro atoms. The normalized spacial score (nSPS) is 18.6. The fourth-order valence-electron chi connectivity index (χ4n) is 5.58. The summed E-state index contributed by atoms with van der Waals surface area (Å²) < 4.78 is 39.7. The predicted octanol–water partition coefficient (Wildman–Crippen LogP) is 11.3. The summed E-state index contributed by atoms with van der Waals surface area (Å²) >= 11 is 0. The van der Waals surface area contributed by atoms with Gasteiger partial charge in [-0.15, -0.1) is 0 Å². The second-order valence-corrected chi connectivity index (χ2v) is 26.9. The van der Waals surface area contributed by atoms with Crippen LogP contribution < -0.4 is 0 Å². The summed E-state index contributed by atoms with van der Waals surface area (Å²) in [5.41, 5.74) is 3.53. The van der Waals surface area contributed by atoms with Crippen LogP contribution >= 0.6 is 0 Å². The van der Waals surface area contributed by atoms with Crippen LogP contribution in [0.1, 0.15) is 85.3 Å². The van der Waals surface area contributed by atoms with E-state index in [-0.39, 0.29) is 22.1 Å². The van der Waals surface area contributed by atoms with E-state index in [0.717, 1.165) is 37.0 Å². The quantitative estimate of drug-likeness (QED) is 0.0722. The highest BCUT2D eigenvalue weighted by Gasteiger charge is 2.50. The van der Waals surface area contributed by atoms with E-state index in [4.69, 9.17) is 27.8 Å². The Hall–Kier alpha value is -1.89. The largest absolute Gasteiger partial charge is 0.417 e. The molecule has 8 heteroatoms. The first-order valence-corrected chi connectivity index (χ1v) is 24.9. The molecule has 1 aliphatic rings. The Morgan fingerprint density at radius 3 is 1.86 bits per heavy atom. The van der Waals surface area contributed by atoms with Crippen molar-refractivity contribution in [1.82, 2.24) is 0 Å². The predicted molar refractivity (Wildman–Crippen MR) is 217 cm³/mol. The Morgan fingerprint density at radius 1 is 0.824 bits per heavy atom. The Kier molecular flexibility index (Phi) is 17.0. The highest BCUT2D eigenvalue weighted by molar-refractivity contribution is 6.74. The van der Waals surface area contributed by atoms with Gasteiger partial charge in [-0.25, -0.2) is 0 Å². The first-order valence-electron chi connectivity index (χ1n) is 19.1. The lowest BCUT2D eigenvalue weighted by molar-refractivity contribution is -0.255. The molecule has 1 saturated heterocycles. The maximum atomic E-state index is 7.28. The van der Waals surface area contributed by atoms with Gasteiger partial charge in [0.1, 0.15) is 0 Å². The molecule has 2 aromatic carbocycles. The summed E-state index contributed by atoms with van der Waals surface area (Å²) in [6.45, 7) is 29.2. The van der Waals surface area contributed by atoms with Gasteiger partial charge in [0, 0.05) is 18.9 Å². The van der Waals surface area contributed by atoms with E-state index in [1.165, 1.54) is 5.57 Å². The summed E-state index contributed by atoms with van der Waals surface area (Å²) in [4.78, 5) is 0. The summed E-state index contributed by atoms with van der Waals surface area (Å²) in [6.07, 6.45) is 9.60.